The van der Waals surface area contributed by atoms with Crippen molar-refractivity contribution in [2.24, 2.45) is 0 Å². The van der Waals surface area contributed by atoms with E-state index in [2.05, 4.69) is 10.3 Å². The smallest absolute Gasteiger partial charge is 0.255 e. The molecule has 1 fully saturated rings. The second kappa shape index (κ2) is 9.75. The minimum Gasteiger partial charge on any atom is -0.496 e. The van der Waals surface area contributed by atoms with Crippen molar-refractivity contribution < 1.29 is 17.9 Å². The average Bonchev–Trinajstić information content (AvgIpc) is 3.02. The summed E-state index contributed by atoms with van der Waals surface area (Å²) in [6.45, 7) is 1.45. The Labute approximate surface area is 188 Å². The summed E-state index contributed by atoms with van der Waals surface area (Å²) < 4.78 is 33.2. The first kappa shape index (κ1) is 22.4. The fraction of sp³-hybridized carbons (Fsp3) is 0.375. The lowest BCUT2D eigenvalue weighted by Gasteiger charge is -2.20. The number of aromatic amines is 1. The molecule has 1 aromatic heterocycles. The molecule has 1 aliphatic heterocycles. The van der Waals surface area contributed by atoms with E-state index in [1.54, 1.807) is 6.07 Å². The van der Waals surface area contributed by atoms with Crippen LogP contribution in [0, 0.1) is 0 Å². The van der Waals surface area contributed by atoms with E-state index in [4.69, 9.17) is 4.74 Å². The number of para-hydroxylation sites is 1. The number of nitrogens with one attached hydrogen (secondary N) is 2. The zero-order chi connectivity index (χ0) is 22.6. The van der Waals surface area contributed by atoms with Crippen LogP contribution in [0.1, 0.15) is 41.6 Å². The Hall–Kier alpha value is -2.84. The minimum absolute atomic E-state index is 0.127. The Kier molecular flexibility index (Phi) is 6.81. The summed E-state index contributed by atoms with van der Waals surface area (Å²) in [4.78, 5) is 16.3. The molecule has 0 saturated carbocycles. The molecule has 0 atom stereocenters. The van der Waals surface area contributed by atoms with Crippen LogP contribution in [0.15, 0.2) is 53.6 Å². The molecular weight excluding hydrogens is 426 g/mol. The number of H-pyrrole nitrogens is 1. The average molecular weight is 456 g/mol. The number of hydrogen-bond donors (Lipinski definition) is 2. The predicted molar refractivity (Wildman–Crippen MR) is 125 cm³/mol. The highest BCUT2D eigenvalue weighted by Gasteiger charge is 2.27. The number of sulfonamides is 1. The van der Waals surface area contributed by atoms with Gasteiger partial charge < -0.3 is 15.0 Å². The molecule has 0 radical (unpaired) electrons. The maximum absolute atomic E-state index is 13.2. The molecule has 1 saturated heterocycles. The normalized spacial score (nSPS) is 15.4. The van der Waals surface area contributed by atoms with Crippen LogP contribution in [0.25, 0.3) is 10.9 Å². The summed E-state index contributed by atoms with van der Waals surface area (Å²) in [7, 11) is -2.18. The predicted octanol–water partition coefficient (Wildman–Crippen LogP) is 3.71. The molecule has 2 heterocycles. The number of carbonyl (C=O) groups is 1. The van der Waals surface area contributed by atoms with Crippen LogP contribution < -0.4 is 10.1 Å². The van der Waals surface area contributed by atoms with Crippen LogP contribution in [-0.4, -0.2) is 50.4 Å². The van der Waals surface area contributed by atoms with Crippen LogP contribution in [0.4, 0.5) is 0 Å². The van der Waals surface area contributed by atoms with Crippen LogP contribution >= 0.6 is 0 Å². The zero-order valence-electron chi connectivity index (χ0n) is 18.3. The monoisotopic (exact) mass is 455 g/mol. The van der Waals surface area contributed by atoms with Gasteiger partial charge in [-0.1, -0.05) is 31.0 Å². The summed E-state index contributed by atoms with van der Waals surface area (Å²) in [6.07, 6.45) is 6.40. The van der Waals surface area contributed by atoms with Gasteiger partial charge in [0.25, 0.3) is 5.91 Å². The first-order valence-corrected chi connectivity index (χ1v) is 12.5. The maximum Gasteiger partial charge on any atom is 0.255 e. The molecule has 3 aromatic rings. The van der Waals surface area contributed by atoms with Gasteiger partial charge in [0.15, 0.2) is 0 Å². The van der Waals surface area contributed by atoms with Gasteiger partial charge in [0.05, 0.1) is 17.6 Å². The molecule has 170 valence electrons. The first-order chi connectivity index (χ1) is 15.5. The van der Waals surface area contributed by atoms with E-state index in [9.17, 15) is 13.2 Å². The highest BCUT2D eigenvalue weighted by atomic mass is 32.2. The van der Waals surface area contributed by atoms with Crippen LogP contribution in [0.5, 0.6) is 5.75 Å². The standard InChI is InChI=1S/C24H29N3O4S/c1-31-23-11-10-19(32(29,30)27-14-6-2-3-7-15-27)16-21(23)24(28)25-13-12-18-17-26-22-9-5-4-8-20(18)22/h4-5,8-11,16-17,26H,2-3,6-7,12-15H2,1H3,(H,25,28). The summed E-state index contributed by atoms with van der Waals surface area (Å²) in [6, 6.07) is 12.5. The van der Waals surface area contributed by atoms with Crippen molar-refractivity contribution in [2.45, 2.75) is 37.0 Å². The second-order valence-corrected chi connectivity index (χ2v) is 9.98. The van der Waals surface area contributed by atoms with Crippen molar-refractivity contribution in [2.75, 3.05) is 26.7 Å². The third-order valence-electron chi connectivity index (χ3n) is 5.97. The number of benzene rings is 2. The van der Waals surface area contributed by atoms with E-state index in [1.807, 2.05) is 30.5 Å². The number of amides is 1. The van der Waals surface area contributed by atoms with Gasteiger partial charge in [-0.25, -0.2) is 8.42 Å². The van der Waals surface area contributed by atoms with Gasteiger partial charge in [0.1, 0.15) is 5.75 Å². The Morgan fingerprint density at radius 3 is 2.59 bits per heavy atom. The van der Waals surface area contributed by atoms with Crippen molar-refractivity contribution in [3.05, 3.63) is 59.8 Å². The number of rotatable bonds is 7. The van der Waals surface area contributed by atoms with Crippen molar-refractivity contribution in [3.63, 3.8) is 0 Å². The topological polar surface area (TPSA) is 91.5 Å². The fourth-order valence-electron chi connectivity index (χ4n) is 4.20. The van der Waals surface area contributed by atoms with E-state index in [-0.39, 0.29) is 16.4 Å². The summed E-state index contributed by atoms with van der Waals surface area (Å²) in [5, 5.41) is 4.03. The van der Waals surface area contributed by atoms with Gasteiger partial charge >= 0.3 is 0 Å². The number of nitrogens with zero attached hydrogens (tertiary/aromatic N) is 1. The van der Waals surface area contributed by atoms with Gasteiger partial charge in [-0.05, 0) is 49.1 Å². The molecule has 1 aliphatic rings. The molecule has 0 aliphatic carbocycles. The molecule has 1 amide bonds. The molecule has 4 rings (SSSR count). The van der Waals surface area contributed by atoms with Crippen molar-refractivity contribution >= 4 is 26.8 Å². The number of hydrogen-bond acceptors (Lipinski definition) is 4. The molecule has 7 nitrogen and oxygen atoms in total. The molecule has 0 unspecified atom stereocenters. The Morgan fingerprint density at radius 1 is 1.09 bits per heavy atom. The van der Waals surface area contributed by atoms with Crippen molar-refractivity contribution in [3.8, 4) is 5.75 Å². The molecule has 32 heavy (non-hydrogen) atoms. The lowest BCUT2D eigenvalue weighted by atomic mass is 10.1. The Balaban J connectivity index is 1.49. The quantitative estimate of drug-likeness (QED) is 0.568. The van der Waals surface area contributed by atoms with E-state index in [0.29, 0.717) is 31.8 Å². The zero-order valence-corrected chi connectivity index (χ0v) is 19.1. The number of methoxy groups -OCH3 is 1. The first-order valence-electron chi connectivity index (χ1n) is 11.0. The molecule has 0 spiro atoms. The highest BCUT2D eigenvalue weighted by molar-refractivity contribution is 7.89. The lowest BCUT2D eigenvalue weighted by Crippen LogP contribution is -2.32. The summed E-state index contributed by atoms with van der Waals surface area (Å²) >= 11 is 0. The van der Waals surface area contributed by atoms with Gasteiger partial charge in [-0.2, -0.15) is 4.31 Å². The van der Waals surface area contributed by atoms with E-state index >= 15 is 0 Å². The largest absolute Gasteiger partial charge is 0.496 e. The summed E-state index contributed by atoms with van der Waals surface area (Å²) in [5.74, 6) is -0.000909. The van der Waals surface area contributed by atoms with Crippen LogP contribution in [0.2, 0.25) is 0 Å². The number of ether oxygens (including phenoxy) is 1. The minimum atomic E-state index is -3.65. The fourth-order valence-corrected chi connectivity index (χ4v) is 5.74. The van der Waals surface area contributed by atoms with E-state index < -0.39 is 10.0 Å². The third kappa shape index (κ3) is 4.66. The lowest BCUT2D eigenvalue weighted by molar-refractivity contribution is 0.0951. The van der Waals surface area contributed by atoms with Crippen LogP contribution in [0.3, 0.4) is 0 Å². The Morgan fingerprint density at radius 2 is 1.84 bits per heavy atom. The molecule has 0 bridgehead atoms. The van der Waals surface area contributed by atoms with Gasteiger partial charge in [-0.15, -0.1) is 0 Å². The second-order valence-electron chi connectivity index (χ2n) is 8.05. The maximum atomic E-state index is 13.2. The molecule has 2 aromatic carbocycles. The van der Waals surface area contributed by atoms with Gasteiger partial charge in [-0.3, -0.25) is 4.79 Å². The highest BCUT2D eigenvalue weighted by Crippen LogP contribution is 2.26. The van der Waals surface area contributed by atoms with Crippen molar-refractivity contribution in [1.82, 2.24) is 14.6 Å². The Bertz CT molecular complexity index is 1190. The number of aromatic nitrogens is 1. The summed E-state index contributed by atoms with van der Waals surface area (Å²) in [5.41, 5.74) is 2.40. The van der Waals surface area contributed by atoms with Gasteiger partial charge in [0.2, 0.25) is 10.0 Å². The van der Waals surface area contributed by atoms with E-state index in [0.717, 1.165) is 42.1 Å². The third-order valence-corrected chi connectivity index (χ3v) is 7.87. The SMILES string of the molecule is COc1ccc(S(=O)(=O)N2CCCCCC2)cc1C(=O)NCCc1c[nH]c2ccccc12. The van der Waals surface area contributed by atoms with Crippen molar-refractivity contribution in [1.29, 1.82) is 0 Å². The van der Waals surface area contributed by atoms with Gasteiger partial charge in [0, 0.05) is 36.7 Å². The van der Waals surface area contributed by atoms with E-state index in [1.165, 1.54) is 23.5 Å². The number of fused-ring (bicyclic) bond motifs is 1. The molecule has 2 N–H and O–H groups in total. The van der Waals surface area contributed by atoms with Crippen LogP contribution in [-0.2, 0) is 16.4 Å². The molecular formula is C24H29N3O4S. The number of carbonyl (C=O) groups excluding carboxylic acids is 1. The molecule has 8 heteroatoms.